The molecule has 1 unspecified atom stereocenters. The smallest absolute Gasteiger partial charge is 0.132 e. The second-order valence-electron chi connectivity index (χ2n) is 4.71. The van der Waals surface area contributed by atoms with E-state index in [-0.39, 0.29) is 0 Å². The molecule has 1 atom stereocenters. The van der Waals surface area contributed by atoms with Gasteiger partial charge in [-0.25, -0.2) is 9.97 Å². The zero-order valence-electron chi connectivity index (χ0n) is 10.8. The van der Waals surface area contributed by atoms with E-state index in [0.717, 1.165) is 50.7 Å². The molecule has 0 radical (unpaired) electrons. The predicted octanol–water partition coefficient (Wildman–Crippen LogP) is 1.05. The van der Waals surface area contributed by atoms with E-state index in [1.165, 1.54) is 0 Å². The Hall–Kier alpha value is -1.00. The van der Waals surface area contributed by atoms with Crippen LogP contribution in [0, 0.1) is 0 Å². The maximum atomic E-state index is 4.60. The molecular weight excluding hydrogens is 212 g/mol. The third-order valence-corrected chi connectivity index (χ3v) is 3.28. The Morgan fingerprint density at radius 3 is 2.88 bits per heavy atom. The molecule has 0 amide bonds. The average molecular weight is 234 g/mol. The molecule has 17 heavy (non-hydrogen) atoms. The lowest BCUT2D eigenvalue weighted by molar-refractivity contribution is 0.228. The van der Waals surface area contributed by atoms with E-state index in [0.29, 0.717) is 5.92 Å². The maximum absolute atomic E-state index is 4.60. The van der Waals surface area contributed by atoms with Crippen LogP contribution in [0.4, 0.5) is 0 Å². The summed E-state index contributed by atoms with van der Waals surface area (Å²) in [6.45, 7) is 9.89. The van der Waals surface area contributed by atoms with E-state index in [4.69, 9.17) is 0 Å². The van der Waals surface area contributed by atoms with Crippen molar-refractivity contribution in [3.63, 3.8) is 0 Å². The van der Waals surface area contributed by atoms with E-state index >= 15 is 0 Å². The van der Waals surface area contributed by atoms with Gasteiger partial charge in [-0.1, -0.05) is 13.8 Å². The van der Waals surface area contributed by atoms with Gasteiger partial charge in [0.05, 0.1) is 0 Å². The molecule has 1 aromatic rings. The molecule has 0 spiro atoms. The predicted molar refractivity (Wildman–Crippen MR) is 69.1 cm³/mol. The summed E-state index contributed by atoms with van der Waals surface area (Å²) in [7, 11) is 0. The molecule has 0 aromatic carbocycles. The molecule has 1 N–H and O–H groups in total. The van der Waals surface area contributed by atoms with E-state index in [9.17, 15) is 0 Å². The van der Waals surface area contributed by atoms with Crippen LogP contribution in [0.3, 0.4) is 0 Å². The van der Waals surface area contributed by atoms with Gasteiger partial charge in [-0.15, -0.1) is 0 Å². The van der Waals surface area contributed by atoms with Gasteiger partial charge in [0.25, 0.3) is 0 Å². The van der Waals surface area contributed by atoms with Crippen molar-refractivity contribution in [3.8, 4) is 0 Å². The Balaban J connectivity index is 1.95. The van der Waals surface area contributed by atoms with E-state index < -0.39 is 0 Å². The first kappa shape index (κ1) is 12.5. The lowest BCUT2D eigenvalue weighted by Crippen LogP contribution is -2.44. The maximum Gasteiger partial charge on any atom is 0.132 e. The number of aromatic nitrogens is 2. The minimum atomic E-state index is 0.416. The molecule has 0 bridgehead atoms. The molecule has 1 aliphatic rings. The molecule has 0 aliphatic carbocycles. The van der Waals surface area contributed by atoms with Gasteiger partial charge in [-0.3, -0.25) is 0 Å². The van der Waals surface area contributed by atoms with Crippen molar-refractivity contribution < 1.29 is 0 Å². The highest BCUT2D eigenvalue weighted by Crippen LogP contribution is 2.12. The largest absolute Gasteiger partial charge is 0.314 e. The van der Waals surface area contributed by atoms with Crippen LogP contribution < -0.4 is 5.32 Å². The third kappa shape index (κ3) is 3.48. The monoisotopic (exact) mass is 234 g/mol. The normalized spacial score (nSPS) is 19.2. The fourth-order valence-electron chi connectivity index (χ4n) is 2.21. The van der Waals surface area contributed by atoms with Crippen molar-refractivity contribution in [3.05, 3.63) is 23.8 Å². The van der Waals surface area contributed by atoms with E-state index in [2.05, 4.69) is 34.0 Å². The standard InChI is InChI=1S/C13H22N4/c1-3-12-4-5-15-13(16-12)11(2)10-17-8-6-14-7-9-17/h4-5,11,14H,3,6-10H2,1-2H3. The molecule has 0 saturated carbocycles. The molecule has 1 aliphatic heterocycles. The summed E-state index contributed by atoms with van der Waals surface area (Å²) >= 11 is 0. The molecule has 1 saturated heterocycles. The van der Waals surface area contributed by atoms with Gasteiger partial charge in [0.1, 0.15) is 5.82 Å². The lowest BCUT2D eigenvalue weighted by atomic mass is 10.1. The van der Waals surface area contributed by atoms with Crippen LogP contribution in [0.5, 0.6) is 0 Å². The van der Waals surface area contributed by atoms with Crippen LogP contribution in [0.15, 0.2) is 12.3 Å². The summed E-state index contributed by atoms with van der Waals surface area (Å²) in [6.07, 6.45) is 2.87. The highest BCUT2D eigenvalue weighted by molar-refractivity contribution is 5.05. The summed E-state index contributed by atoms with van der Waals surface area (Å²) in [5, 5.41) is 3.37. The zero-order valence-corrected chi connectivity index (χ0v) is 10.8. The Morgan fingerprint density at radius 2 is 2.18 bits per heavy atom. The zero-order chi connectivity index (χ0) is 12.1. The van der Waals surface area contributed by atoms with Gasteiger partial charge in [0, 0.05) is 50.5 Å². The second-order valence-corrected chi connectivity index (χ2v) is 4.71. The van der Waals surface area contributed by atoms with Crippen LogP contribution in [-0.4, -0.2) is 47.6 Å². The first-order valence-corrected chi connectivity index (χ1v) is 6.54. The van der Waals surface area contributed by atoms with Crippen LogP contribution in [0.1, 0.15) is 31.3 Å². The molecule has 1 fully saturated rings. The number of hydrogen-bond acceptors (Lipinski definition) is 4. The van der Waals surface area contributed by atoms with Crippen LogP contribution in [0.2, 0.25) is 0 Å². The molecule has 1 aromatic heterocycles. The Morgan fingerprint density at radius 1 is 1.41 bits per heavy atom. The average Bonchev–Trinajstić information content (AvgIpc) is 2.40. The summed E-state index contributed by atoms with van der Waals surface area (Å²) in [5.74, 6) is 1.41. The van der Waals surface area contributed by atoms with Crippen molar-refractivity contribution in [2.24, 2.45) is 0 Å². The van der Waals surface area contributed by atoms with Gasteiger partial charge in [0.15, 0.2) is 0 Å². The molecule has 2 rings (SSSR count). The summed E-state index contributed by atoms with van der Waals surface area (Å²) < 4.78 is 0. The molecular formula is C13H22N4. The number of piperazine rings is 1. The number of nitrogens with zero attached hydrogens (tertiary/aromatic N) is 3. The lowest BCUT2D eigenvalue weighted by Gasteiger charge is -2.29. The van der Waals surface area contributed by atoms with Gasteiger partial charge in [-0.2, -0.15) is 0 Å². The minimum absolute atomic E-state index is 0.416. The first-order valence-electron chi connectivity index (χ1n) is 6.54. The van der Waals surface area contributed by atoms with Gasteiger partial charge in [0.2, 0.25) is 0 Å². The second kappa shape index (κ2) is 6.07. The molecule has 4 heteroatoms. The number of hydrogen-bond donors (Lipinski definition) is 1. The fraction of sp³-hybridized carbons (Fsp3) is 0.692. The minimum Gasteiger partial charge on any atom is -0.314 e. The molecule has 94 valence electrons. The number of nitrogens with one attached hydrogen (secondary N) is 1. The topological polar surface area (TPSA) is 41.1 Å². The van der Waals surface area contributed by atoms with Crippen LogP contribution >= 0.6 is 0 Å². The van der Waals surface area contributed by atoms with Crippen LogP contribution in [-0.2, 0) is 6.42 Å². The quantitative estimate of drug-likeness (QED) is 0.845. The Kier molecular flexibility index (Phi) is 4.45. The summed E-state index contributed by atoms with van der Waals surface area (Å²) in [5.41, 5.74) is 1.14. The Bertz CT molecular complexity index is 347. The number of aryl methyl sites for hydroxylation is 1. The number of rotatable bonds is 4. The van der Waals surface area contributed by atoms with Crippen molar-refractivity contribution >= 4 is 0 Å². The van der Waals surface area contributed by atoms with Crippen molar-refractivity contribution in [1.82, 2.24) is 20.2 Å². The van der Waals surface area contributed by atoms with E-state index in [1.54, 1.807) is 0 Å². The van der Waals surface area contributed by atoms with Gasteiger partial charge in [-0.05, 0) is 12.5 Å². The van der Waals surface area contributed by atoms with Gasteiger partial charge < -0.3 is 10.2 Å². The van der Waals surface area contributed by atoms with Crippen molar-refractivity contribution in [2.45, 2.75) is 26.2 Å². The van der Waals surface area contributed by atoms with Gasteiger partial charge >= 0.3 is 0 Å². The highest BCUT2D eigenvalue weighted by Gasteiger charge is 2.16. The summed E-state index contributed by atoms with van der Waals surface area (Å²) in [4.78, 5) is 11.5. The van der Waals surface area contributed by atoms with Crippen molar-refractivity contribution in [2.75, 3.05) is 32.7 Å². The fourth-order valence-corrected chi connectivity index (χ4v) is 2.21. The summed E-state index contributed by atoms with van der Waals surface area (Å²) in [6, 6.07) is 2.00. The first-order chi connectivity index (χ1) is 8.29. The SMILES string of the molecule is CCc1ccnc(C(C)CN2CCNCC2)n1. The van der Waals surface area contributed by atoms with Crippen molar-refractivity contribution in [1.29, 1.82) is 0 Å². The third-order valence-electron chi connectivity index (χ3n) is 3.28. The molecule has 2 heterocycles. The van der Waals surface area contributed by atoms with E-state index in [1.807, 2.05) is 12.3 Å². The Labute approximate surface area is 103 Å². The molecule has 4 nitrogen and oxygen atoms in total. The highest BCUT2D eigenvalue weighted by atomic mass is 15.2. The van der Waals surface area contributed by atoms with Crippen LogP contribution in [0.25, 0.3) is 0 Å².